The van der Waals surface area contributed by atoms with Crippen LogP contribution in [-0.4, -0.2) is 26.5 Å². The summed E-state index contributed by atoms with van der Waals surface area (Å²) in [4.78, 5) is 18.7. The van der Waals surface area contributed by atoms with Crippen LogP contribution in [0.5, 0.6) is 5.88 Å². The van der Waals surface area contributed by atoms with Crippen LogP contribution in [0.1, 0.15) is 33.7 Å². The first kappa shape index (κ1) is 18.4. The number of anilines is 1. The molecule has 3 aromatic heterocycles. The number of ether oxygens (including phenoxy) is 1. The molecule has 1 fully saturated rings. The van der Waals surface area contributed by atoms with Gasteiger partial charge in [-0.25, -0.2) is 9.97 Å². The maximum atomic E-state index is 5.96. The van der Waals surface area contributed by atoms with Crippen molar-refractivity contribution in [3.8, 4) is 5.88 Å². The first-order chi connectivity index (χ1) is 13.7. The molecule has 7 nitrogen and oxygen atoms in total. The second kappa shape index (κ2) is 8.35. The fourth-order valence-electron chi connectivity index (χ4n) is 3.01. The smallest absolute Gasteiger partial charge is 0.219 e. The zero-order chi connectivity index (χ0) is 19.3. The van der Waals surface area contributed by atoms with E-state index in [0.29, 0.717) is 42.5 Å². The monoisotopic (exact) mass is 394 g/mol. The van der Waals surface area contributed by atoms with Crippen molar-refractivity contribution in [1.82, 2.24) is 19.9 Å². The van der Waals surface area contributed by atoms with Crippen LogP contribution in [0.3, 0.4) is 0 Å². The van der Waals surface area contributed by atoms with E-state index in [2.05, 4.69) is 31.3 Å². The summed E-state index contributed by atoms with van der Waals surface area (Å²) < 4.78 is 5.96. The fraction of sp³-hybridized carbons (Fsp3) is 0.300. The summed E-state index contributed by atoms with van der Waals surface area (Å²) >= 11 is 1.66. The van der Waals surface area contributed by atoms with Crippen LogP contribution in [0.15, 0.2) is 42.9 Å². The molecule has 0 radical (unpaired) electrons. The molecule has 3 aromatic rings. The summed E-state index contributed by atoms with van der Waals surface area (Å²) in [6.45, 7) is 3.25. The minimum absolute atomic E-state index is 0.468. The number of nitrogens with one attached hydrogen (secondary N) is 1. The molecule has 0 aromatic carbocycles. The summed E-state index contributed by atoms with van der Waals surface area (Å²) in [5.74, 6) is 2.69. The van der Waals surface area contributed by atoms with E-state index in [0.717, 1.165) is 22.0 Å². The quantitative estimate of drug-likeness (QED) is 0.604. The van der Waals surface area contributed by atoms with E-state index in [9.17, 15) is 0 Å². The topological polar surface area (TPSA) is 98.8 Å². The fourth-order valence-corrected chi connectivity index (χ4v) is 3.75. The second-order valence-corrected chi connectivity index (χ2v) is 8.00. The Morgan fingerprint density at radius 3 is 3.00 bits per heavy atom. The molecule has 8 heteroatoms. The first-order valence-corrected chi connectivity index (χ1v) is 9.99. The molecule has 3 heterocycles. The van der Waals surface area contributed by atoms with Crippen molar-refractivity contribution in [2.45, 2.75) is 25.8 Å². The number of hydrogen-bond donors (Lipinski definition) is 2. The van der Waals surface area contributed by atoms with E-state index < -0.39 is 0 Å². The summed E-state index contributed by atoms with van der Waals surface area (Å²) in [7, 11) is 0. The predicted molar refractivity (Wildman–Crippen MR) is 110 cm³/mol. The molecule has 0 saturated heterocycles. The van der Waals surface area contributed by atoms with E-state index in [1.807, 2.05) is 37.5 Å². The van der Waals surface area contributed by atoms with Gasteiger partial charge in [0.25, 0.3) is 0 Å². The third kappa shape index (κ3) is 4.64. The number of pyridine rings is 1. The number of aryl methyl sites for hydroxylation is 1. The molecule has 0 aliphatic heterocycles. The third-order valence-electron chi connectivity index (χ3n) is 4.51. The molecule has 0 amide bonds. The molecule has 0 spiro atoms. The second-order valence-electron chi connectivity index (χ2n) is 6.68. The molecule has 4 rings (SSSR count). The van der Waals surface area contributed by atoms with Gasteiger partial charge in [0.2, 0.25) is 5.88 Å². The number of nitrogens with two attached hydrogens (primary N) is 1. The van der Waals surface area contributed by atoms with Gasteiger partial charge in [-0.1, -0.05) is 6.07 Å². The van der Waals surface area contributed by atoms with Gasteiger partial charge >= 0.3 is 0 Å². The predicted octanol–water partition coefficient (Wildman–Crippen LogP) is 3.36. The zero-order valence-electron chi connectivity index (χ0n) is 15.6. The van der Waals surface area contributed by atoms with Gasteiger partial charge in [0.1, 0.15) is 5.82 Å². The van der Waals surface area contributed by atoms with Gasteiger partial charge in [0.05, 0.1) is 18.2 Å². The molecule has 1 aliphatic rings. The summed E-state index contributed by atoms with van der Waals surface area (Å²) in [6.07, 6.45) is 7.88. The molecular formula is C20H22N6OS. The van der Waals surface area contributed by atoms with E-state index in [1.54, 1.807) is 17.4 Å². The molecule has 2 atom stereocenters. The third-order valence-corrected chi connectivity index (χ3v) is 5.43. The van der Waals surface area contributed by atoms with Gasteiger partial charge in [0, 0.05) is 40.9 Å². The minimum atomic E-state index is 0.468. The Hall–Kier alpha value is -3.00. The average molecular weight is 395 g/mol. The van der Waals surface area contributed by atoms with E-state index in [1.165, 1.54) is 6.20 Å². The van der Waals surface area contributed by atoms with E-state index in [4.69, 9.17) is 10.5 Å². The highest BCUT2D eigenvalue weighted by atomic mass is 32.1. The molecule has 0 bridgehead atoms. The SMILES string of the molecule is Cc1ncc(CNc2cc(OCC3C[C@@H]3c3ccccn3)nc(C=CN)n2)s1. The van der Waals surface area contributed by atoms with Crippen molar-refractivity contribution in [3.63, 3.8) is 0 Å². The average Bonchev–Trinajstić information content (AvgIpc) is 3.38. The Morgan fingerprint density at radius 1 is 1.32 bits per heavy atom. The molecular weight excluding hydrogens is 372 g/mol. The van der Waals surface area contributed by atoms with Gasteiger partial charge in [-0.05, 0) is 37.8 Å². The molecule has 1 unspecified atom stereocenters. The lowest BCUT2D eigenvalue weighted by molar-refractivity contribution is 0.285. The molecule has 1 saturated carbocycles. The van der Waals surface area contributed by atoms with Crippen molar-refractivity contribution in [2.75, 3.05) is 11.9 Å². The molecule has 1 aliphatic carbocycles. The Balaban J connectivity index is 1.39. The summed E-state index contributed by atoms with van der Waals surface area (Å²) in [6, 6.07) is 7.85. The Bertz CT molecular complexity index is 958. The minimum Gasteiger partial charge on any atom is -0.477 e. The highest BCUT2D eigenvalue weighted by molar-refractivity contribution is 7.11. The largest absolute Gasteiger partial charge is 0.477 e. The van der Waals surface area contributed by atoms with Crippen LogP contribution in [0, 0.1) is 12.8 Å². The van der Waals surface area contributed by atoms with Crippen LogP contribution in [-0.2, 0) is 6.54 Å². The van der Waals surface area contributed by atoms with Crippen molar-refractivity contribution in [2.24, 2.45) is 11.7 Å². The standard InChI is InChI=1S/C20H22N6OS/c1-13-23-10-15(28-13)11-24-19-9-20(26-18(25-19)5-6-21)27-12-14-8-16(14)17-4-2-3-7-22-17/h2-7,9-10,14,16H,8,11-12,21H2,1H3,(H,24,25,26)/t14?,16-/m0/s1. The van der Waals surface area contributed by atoms with Gasteiger partial charge in [-0.2, -0.15) is 4.98 Å². The van der Waals surface area contributed by atoms with Crippen LogP contribution >= 0.6 is 11.3 Å². The van der Waals surface area contributed by atoms with E-state index >= 15 is 0 Å². The van der Waals surface area contributed by atoms with Gasteiger partial charge < -0.3 is 15.8 Å². The number of thiazole rings is 1. The lowest BCUT2D eigenvalue weighted by Gasteiger charge is -2.09. The van der Waals surface area contributed by atoms with Crippen molar-refractivity contribution in [1.29, 1.82) is 0 Å². The highest BCUT2D eigenvalue weighted by Gasteiger charge is 2.39. The maximum Gasteiger partial charge on any atom is 0.219 e. The van der Waals surface area contributed by atoms with Crippen LogP contribution in [0.2, 0.25) is 0 Å². The van der Waals surface area contributed by atoms with Crippen molar-refractivity contribution >= 4 is 23.2 Å². The number of nitrogens with zero attached hydrogens (tertiary/aromatic N) is 4. The number of rotatable bonds is 8. The van der Waals surface area contributed by atoms with Crippen molar-refractivity contribution in [3.05, 3.63) is 64.3 Å². The number of hydrogen-bond acceptors (Lipinski definition) is 8. The van der Waals surface area contributed by atoms with E-state index in [-0.39, 0.29) is 0 Å². The Morgan fingerprint density at radius 2 is 2.25 bits per heavy atom. The number of aromatic nitrogens is 4. The van der Waals surface area contributed by atoms with Gasteiger partial charge in [-0.3, -0.25) is 4.98 Å². The van der Waals surface area contributed by atoms with Crippen molar-refractivity contribution < 1.29 is 4.74 Å². The van der Waals surface area contributed by atoms with Gasteiger partial charge in [0.15, 0.2) is 5.82 Å². The van der Waals surface area contributed by atoms with Crippen LogP contribution < -0.4 is 15.8 Å². The zero-order valence-corrected chi connectivity index (χ0v) is 16.4. The Labute approximate surface area is 167 Å². The molecule has 3 N–H and O–H groups in total. The Kier molecular flexibility index (Phi) is 5.48. The lowest BCUT2D eigenvalue weighted by Crippen LogP contribution is -2.07. The maximum absolute atomic E-state index is 5.96. The lowest BCUT2D eigenvalue weighted by atomic mass is 10.2. The summed E-state index contributed by atoms with van der Waals surface area (Å²) in [5.41, 5.74) is 6.64. The van der Waals surface area contributed by atoms with Crippen LogP contribution in [0.25, 0.3) is 6.08 Å². The highest BCUT2D eigenvalue weighted by Crippen LogP contribution is 2.46. The normalized spacial score (nSPS) is 18.3. The molecule has 28 heavy (non-hydrogen) atoms. The van der Waals surface area contributed by atoms with Crippen LogP contribution in [0.4, 0.5) is 5.82 Å². The summed E-state index contributed by atoms with van der Waals surface area (Å²) in [5, 5.41) is 4.35. The first-order valence-electron chi connectivity index (χ1n) is 9.17. The van der Waals surface area contributed by atoms with Gasteiger partial charge in [-0.15, -0.1) is 11.3 Å². The molecule has 144 valence electrons.